The fourth-order valence-electron chi connectivity index (χ4n) is 1.26. The molecule has 1 rings (SSSR count). The van der Waals surface area contributed by atoms with Crippen LogP contribution in [-0.4, -0.2) is 18.3 Å². The maximum Gasteiger partial charge on any atom is 0.306 e. The molecular formula is C10H18O2S. The summed E-state index contributed by atoms with van der Waals surface area (Å²) < 4.78 is 5.09. The summed E-state index contributed by atoms with van der Waals surface area (Å²) in [6.07, 6.45) is 4.89. The van der Waals surface area contributed by atoms with Gasteiger partial charge in [-0.1, -0.05) is 13.3 Å². The van der Waals surface area contributed by atoms with Crippen molar-refractivity contribution in [1.82, 2.24) is 0 Å². The van der Waals surface area contributed by atoms with E-state index < -0.39 is 0 Å². The van der Waals surface area contributed by atoms with Gasteiger partial charge in [0.05, 0.1) is 13.0 Å². The number of esters is 1. The summed E-state index contributed by atoms with van der Waals surface area (Å²) in [5.74, 6) is 0.774. The van der Waals surface area contributed by atoms with Crippen LogP contribution in [0.25, 0.3) is 0 Å². The van der Waals surface area contributed by atoms with Crippen molar-refractivity contribution in [3.63, 3.8) is 0 Å². The van der Waals surface area contributed by atoms with Gasteiger partial charge in [-0.05, 0) is 30.4 Å². The zero-order valence-electron chi connectivity index (χ0n) is 8.21. The number of ether oxygens (including phenoxy) is 1. The third kappa shape index (κ3) is 3.59. The van der Waals surface area contributed by atoms with Crippen molar-refractivity contribution >= 4 is 18.6 Å². The van der Waals surface area contributed by atoms with Gasteiger partial charge in [-0.3, -0.25) is 4.79 Å². The highest BCUT2D eigenvalue weighted by molar-refractivity contribution is 7.80. The highest BCUT2D eigenvalue weighted by atomic mass is 32.1. The Morgan fingerprint density at radius 2 is 2.23 bits per heavy atom. The summed E-state index contributed by atoms with van der Waals surface area (Å²) in [7, 11) is 0. The maximum absolute atomic E-state index is 11.3. The zero-order valence-corrected chi connectivity index (χ0v) is 9.11. The van der Waals surface area contributed by atoms with Crippen LogP contribution >= 0.6 is 12.6 Å². The minimum absolute atomic E-state index is 0.0417. The molecular weight excluding hydrogens is 184 g/mol. The van der Waals surface area contributed by atoms with Gasteiger partial charge in [0.25, 0.3) is 0 Å². The molecule has 0 aromatic rings. The highest BCUT2D eigenvalue weighted by Crippen LogP contribution is 2.49. The van der Waals surface area contributed by atoms with Gasteiger partial charge >= 0.3 is 5.97 Å². The quantitative estimate of drug-likeness (QED) is 0.407. The number of carbonyl (C=O) groups is 1. The highest BCUT2D eigenvalue weighted by Gasteiger charge is 2.43. The van der Waals surface area contributed by atoms with E-state index in [1.54, 1.807) is 0 Å². The Labute approximate surface area is 85.4 Å². The molecule has 13 heavy (non-hydrogen) atoms. The van der Waals surface area contributed by atoms with Crippen LogP contribution in [0, 0.1) is 5.41 Å². The van der Waals surface area contributed by atoms with E-state index in [4.69, 9.17) is 4.74 Å². The second kappa shape index (κ2) is 4.89. The molecule has 2 nitrogen and oxygen atoms in total. The van der Waals surface area contributed by atoms with E-state index in [0.29, 0.717) is 13.0 Å². The molecule has 1 aliphatic rings. The maximum atomic E-state index is 11.3. The Kier molecular flexibility index (Phi) is 4.10. The largest absolute Gasteiger partial charge is 0.466 e. The van der Waals surface area contributed by atoms with Crippen LogP contribution in [0.3, 0.4) is 0 Å². The van der Waals surface area contributed by atoms with Crippen LogP contribution in [-0.2, 0) is 9.53 Å². The van der Waals surface area contributed by atoms with Crippen molar-refractivity contribution < 1.29 is 9.53 Å². The van der Waals surface area contributed by atoms with Crippen LogP contribution in [0.1, 0.15) is 39.0 Å². The normalized spacial score (nSPS) is 18.3. The lowest BCUT2D eigenvalue weighted by atomic mass is 10.1. The monoisotopic (exact) mass is 202 g/mol. The number of thiol groups is 1. The number of carbonyl (C=O) groups excluding carboxylic acids is 1. The molecule has 1 fully saturated rings. The molecule has 0 heterocycles. The van der Waals surface area contributed by atoms with Crippen molar-refractivity contribution in [1.29, 1.82) is 0 Å². The number of rotatable bonds is 6. The number of unbranched alkanes of at least 4 members (excludes halogenated alkanes) is 1. The zero-order chi connectivity index (χ0) is 9.73. The average Bonchev–Trinajstić information content (AvgIpc) is 2.86. The van der Waals surface area contributed by atoms with E-state index >= 15 is 0 Å². The number of hydrogen-bond donors (Lipinski definition) is 1. The Balaban J connectivity index is 2.11. The topological polar surface area (TPSA) is 26.3 Å². The molecule has 1 saturated carbocycles. The fourth-order valence-corrected chi connectivity index (χ4v) is 1.68. The summed E-state index contributed by atoms with van der Waals surface area (Å²) in [6, 6.07) is 0. The molecule has 1 aliphatic carbocycles. The predicted molar refractivity (Wildman–Crippen MR) is 56.0 cm³/mol. The summed E-state index contributed by atoms with van der Waals surface area (Å²) in [6.45, 7) is 2.67. The molecule has 0 saturated heterocycles. The van der Waals surface area contributed by atoms with Crippen LogP contribution in [0.4, 0.5) is 0 Å². The molecule has 3 heteroatoms. The first-order valence-electron chi connectivity index (χ1n) is 4.99. The first kappa shape index (κ1) is 10.9. The van der Waals surface area contributed by atoms with E-state index in [2.05, 4.69) is 19.6 Å². The first-order valence-corrected chi connectivity index (χ1v) is 5.62. The summed E-state index contributed by atoms with van der Waals surface area (Å²) in [5.41, 5.74) is 0.201. The molecule has 0 N–H and O–H groups in total. The smallest absolute Gasteiger partial charge is 0.306 e. The van der Waals surface area contributed by atoms with Crippen molar-refractivity contribution in [2.45, 2.75) is 39.0 Å². The predicted octanol–water partition coefficient (Wildman–Crippen LogP) is 2.43. The Bertz CT molecular complexity index is 176. The van der Waals surface area contributed by atoms with E-state index in [1.165, 1.54) is 0 Å². The molecule has 0 radical (unpaired) electrons. The molecule has 0 unspecified atom stereocenters. The van der Waals surface area contributed by atoms with Gasteiger partial charge in [0.1, 0.15) is 0 Å². The lowest BCUT2D eigenvalue weighted by Crippen LogP contribution is -2.14. The van der Waals surface area contributed by atoms with E-state index in [9.17, 15) is 4.79 Å². The van der Waals surface area contributed by atoms with Crippen LogP contribution in [0.15, 0.2) is 0 Å². The molecule has 0 bridgehead atoms. The Hall–Kier alpha value is -0.180. The summed E-state index contributed by atoms with van der Waals surface area (Å²) >= 11 is 4.24. The lowest BCUT2D eigenvalue weighted by Gasteiger charge is -2.10. The molecule has 0 atom stereocenters. The van der Waals surface area contributed by atoms with Crippen LogP contribution < -0.4 is 0 Å². The standard InChI is InChI=1S/C10H18O2S/c1-2-3-6-12-9(11)7-10(8-13)4-5-10/h13H,2-8H2,1H3. The van der Waals surface area contributed by atoms with E-state index in [1.807, 2.05) is 0 Å². The van der Waals surface area contributed by atoms with E-state index in [-0.39, 0.29) is 11.4 Å². The lowest BCUT2D eigenvalue weighted by molar-refractivity contribution is -0.145. The van der Waals surface area contributed by atoms with Crippen molar-refractivity contribution in [3.05, 3.63) is 0 Å². The molecule has 0 spiro atoms. The SMILES string of the molecule is CCCCOC(=O)CC1(CS)CC1. The minimum Gasteiger partial charge on any atom is -0.466 e. The Morgan fingerprint density at radius 3 is 2.69 bits per heavy atom. The second-order valence-corrected chi connectivity index (χ2v) is 4.23. The minimum atomic E-state index is -0.0417. The Morgan fingerprint density at radius 1 is 1.54 bits per heavy atom. The van der Waals surface area contributed by atoms with Crippen molar-refractivity contribution in [2.75, 3.05) is 12.4 Å². The van der Waals surface area contributed by atoms with Crippen LogP contribution in [0.5, 0.6) is 0 Å². The van der Waals surface area contributed by atoms with Crippen molar-refractivity contribution in [3.8, 4) is 0 Å². The third-order valence-corrected chi connectivity index (χ3v) is 3.24. The van der Waals surface area contributed by atoms with Gasteiger partial charge in [0.2, 0.25) is 0 Å². The van der Waals surface area contributed by atoms with Gasteiger partial charge < -0.3 is 4.74 Å². The first-order chi connectivity index (χ1) is 6.22. The van der Waals surface area contributed by atoms with Gasteiger partial charge in [-0.25, -0.2) is 0 Å². The second-order valence-electron chi connectivity index (χ2n) is 3.91. The molecule has 0 aliphatic heterocycles. The molecule has 0 aromatic carbocycles. The third-order valence-electron chi connectivity index (χ3n) is 2.57. The van der Waals surface area contributed by atoms with Gasteiger partial charge in [0.15, 0.2) is 0 Å². The van der Waals surface area contributed by atoms with Gasteiger partial charge in [0, 0.05) is 0 Å². The van der Waals surface area contributed by atoms with Gasteiger partial charge in [-0.2, -0.15) is 12.6 Å². The summed E-state index contributed by atoms with van der Waals surface area (Å²) in [5, 5.41) is 0. The van der Waals surface area contributed by atoms with Gasteiger partial charge in [-0.15, -0.1) is 0 Å². The average molecular weight is 202 g/mol. The summed E-state index contributed by atoms with van der Waals surface area (Å²) in [4.78, 5) is 11.3. The molecule has 0 amide bonds. The molecule has 76 valence electrons. The fraction of sp³-hybridized carbons (Fsp3) is 0.900. The van der Waals surface area contributed by atoms with Crippen molar-refractivity contribution in [2.24, 2.45) is 5.41 Å². The van der Waals surface area contributed by atoms with Crippen LogP contribution in [0.2, 0.25) is 0 Å². The molecule has 0 aromatic heterocycles. The number of hydrogen-bond acceptors (Lipinski definition) is 3. The van der Waals surface area contributed by atoms with E-state index in [0.717, 1.165) is 31.4 Å².